The van der Waals surface area contributed by atoms with Gasteiger partial charge in [-0.2, -0.15) is 0 Å². The second-order valence-corrected chi connectivity index (χ2v) is 7.39. The molecular formula is C18H24N6O. The standard InChI is InChI=1S/C18H24N6O/c1-24-17(21-22-23-24)13-6-3-7-15(10-13)20-18(25)14-8-11-4-2-5-12(9-14)16(11)19/h3,6-7,10-12,14,16H,2,4-5,8-9,19H2,1H3,(H,20,25). The van der Waals surface area contributed by atoms with Crippen molar-refractivity contribution in [2.75, 3.05) is 5.32 Å². The Hall–Kier alpha value is -2.28. The van der Waals surface area contributed by atoms with Crippen molar-refractivity contribution in [1.82, 2.24) is 20.2 Å². The predicted octanol–water partition coefficient (Wildman–Crippen LogP) is 1.97. The molecular weight excluding hydrogens is 316 g/mol. The van der Waals surface area contributed by atoms with Gasteiger partial charge in [0.1, 0.15) is 0 Å². The summed E-state index contributed by atoms with van der Waals surface area (Å²) in [7, 11) is 1.80. The monoisotopic (exact) mass is 340 g/mol. The van der Waals surface area contributed by atoms with Gasteiger partial charge in [0.15, 0.2) is 5.82 Å². The average molecular weight is 340 g/mol. The van der Waals surface area contributed by atoms with Gasteiger partial charge in [-0.25, -0.2) is 4.68 Å². The first-order valence-corrected chi connectivity index (χ1v) is 9.01. The van der Waals surface area contributed by atoms with Crippen molar-refractivity contribution in [2.45, 2.75) is 38.1 Å². The van der Waals surface area contributed by atoms with E-state index in [9.17, 15) is 4.79 Å². The molecule has 7 nitrogen and oxygen atoms in total. The van der Waals surface area contributed by atoms with Crippen molar-refractivity contribution in [2.24, 2.45) is 30.5 Å². The summed E-state index contributed by atoms with van der Waals surface area (Å²) in [4.78, 5) is 12.8. The van der Waals surface area contributed by atoms with Crippen molar-refractivity contribution < 1.29 is 4.79 Å². The number of amides is 1. The number of carbonyl (C=O) groups is 1. The first-order valence-electron chi connectivity index (χ1n) is 9.01. The van der Waals surface area contributed by atoms with E-state index in [1.165, 1.54) is 6.42 Å². The van der Waals surface area contributed by atoms with E-state index >= 15 is 0 Å². The van der Waals surface area contributed by atoms with Crippen LogP contribution in [-0.4, -0.2) is 32.2 Å². The first kappa shape index (κ1) is 16.2. The fraction of sp³-hybridized carbons (Fsp3) is 0.556. The Morgan fingerprint density at radius 1 is 1.28 bits per heavy atom. The van der Waals surface area contributed by atoms with Crippen molar-refractivity contribution in [3.05, 3.63) is 24.3 Å². The summed E-state index contributed by atoms with van der Waals surface area (Å²) < 4.78 is 1.62. The minimum absolute atomic E-state index is 0.0650. The summed E-state index contributed by atoms with van der Waals surface area (Å²) >= 11 is 0. The van der Waals surface area contributed by atoms with E-state index in [0.29, 0.717) is 17.7 Å². The van der Waals surface area contributed by atoms with Crippen LogP contribution in [-0.2, 0) is 11.8 Å². The highest BCUT2D eigenvalue weighted by Gasteiger charge is 2.40. The third kappa shape index (κ3) is 3.16. The molecule has 0 saturated heterocycles. The Balaban J connectivity index is 1.47. The van der Waals surface area contributed by atoms with Crippen molar-refractivity contribution >= 4 is 11.6 Å². The van der Waals surface area contributed by atoms with Crippen LogP contribution in [0.3, 0.4) is 0 Å². The highest BCUT2D eigenvalue weighted by Crippen LogP contribution is 2.42. The minimum atomic E-state index is 0.0650. The van der Waals surface area contributed by atoms with Gasteiger partial charge in [0.25, 0.3) is 0 Å². The van der Waals surface area contributed by atoms with E-state index < -0.39 is 0 Å². The van der Waals surface area contributed by atoms with E-state index in [2.05, 4.69) is 20.8 Å². The van der Waals surface area contributed by atoms with Crippen LogP contribution in [0.5, 0.6) is 0 Å². The average Bonchev–Trinajstić information content (AvgIpc) is 3.01. The number of tetrazole rings is 1. The first-order chi connectivity index (χ1) is 12.1. The number of aromatic nitrogens is 4. The number of hydrogen-bond donors (Lipinski definition) is 2. The van der Waals surface area contributed by atoms with Crippen LogP contribution in [0.2, 0.25) is 0 Å². The van der Waals surface area contributed by atoms with Gasteiger partial charge in [0.2, 0.25) is 5.91 Å². The second kappa shape index (κ2) is 6.55. The number of carbonyl (C=O) groups excluding carboxylic acids is 1. The SMILES string of the molecule is Cn1nnnc1-c1cccc(NC(=O)C2CC3CCCC(C2)C3N)c1. The molecule has 2 atom stereocenters. The van der Waals surface area contributed by atoms with E-state index in [1.54, 1.807) is 11.7 Å². The van der Waals surface area contributed by atoms with Gasteiger partial charge in [-0.05, 0) is 60.1 Å². The van der Waals surface area contributed by atoms with Gasteiger partial charge in [0.05, 0.1) is 0 Å². The molecule has 2 aromatic rings. The fourth-order valence-electron chi connectivity index (χ4n) is 4.46. The highest BCUT2D eigenvalue weighted by molar-refractivity contribution is 5.93. The lowest BCUT2D eigenvalue weighted by Crippen LogP contribution is -2.48. The molecule has 2 fully saturated rings. The Morgan fingerprint density at radius 2 is 2.04 bits per heavy atom. The normalized spacial score (nSPS) is 28.6. The van der Waals surface area contributed by atoms with Gasteiger partial charge in [-0.3, -0.25) is 4.79 Å². The van der Waals surface area contributed by atoms with Gasteiger partial charge >= 0.3 is 0 Å². The number of nitrogens with zero attached hydrogens (tertiary/aromatic N) is 4. The zero-order chi connectivity index (χ0) is 17.4. The molecule has 132 valence electrons. The molecule has 0 spiro atoms. The number of aryl methyl sites for hydroxylation is 1. The number of nitrogens with one attached hydrogen (secondary N) is 1. The lowest BCUT2D eigenvalue weighted by molar-refractivity contribution is -0.122. The molecule has 1 aromatic carbocycles. The Bertz CT molecular complexity index is 758. The molecule has 0 aliphatic heterocycles. The molecule has 2 aliphatic rings. The third-order valence-electron chi connectivity index (χ3n) is 5.79. The smallest absolute Gasteiger partial charge is 0.227 e. The van der Waals surface area contributed by atoms with Gasteiger partial charge in [-0.1, -0.05) is 18.6 Å². The summed E-state index contributed by atoms with van der Waals surface area (Å²) in [6.07, 6.45) is 5.41. The predicted molar refractivity (Wildman–Crippen MR) is 94.4 cm³/mol. The third-order valence-corrected chi connectivity index (χ3v) is 5.79. The molecule has 2 unspecified atom stereocenters. The van der Waals surface area contributed by atoms with Crippen LogP contribution < -0.4 is 11.1 Å². The maximum absolute atomic E-state index is 12.8. The van der Waals surface area contributed by atoms with E-state index in [-0.39, 0.29) is 17.9 Å². The van der Waals surface area contributed by atoms with Crippen molar-refractivity contribution in [1.29, 1.82) is 0 Å². The largest absolute Gasteiger partial charge is 0.327 e. The van der Waals surface area contributed by atoms with Gasteiger partial charge in [-0.15, -0.1) is 5.10 Å². The fourth-order valence-corrected chi connectivity index (χ4v) is 4.46. The molecule has 0 radical (unpaired) electrons. The summed E-state index contributed by atoms with van der Waals surface area (Å²) in [6.45, 7) is 0. The van der Waals surface area contributed by atoms with Gasteiger partial charge in [0, 0.05) is 30.3 Å². The maximum atomic E-state index is 12.8. The molecule has 3 N–H and O–H groups in total. The van der Waals surface area contributed by atoms with Crippen LogP contribution in [0.4, 0.5) is 5.69 Å². The number of benzene rings is 1. The van der Waals surface area contributed by atoms with E-state index in [4.69, 9.17) is 5.73 Å². The minimum Gasteiger partial charge on any atom is -0.327 e. The van der Waals surface area contributed by atoms with E-state index in [0.717, 1.165) is 36.9 Å². The summed E-state index contributed by atoms with van der Waals surface area (Å²) in [6, 6.07) is 7.94. The molecule has 2 saturated carbocycles. The highest BCUT2D eigenvalue weighted by atomic mass is 16.1. The molecule has 7 heteroatoms. The quantitative estimate of drug-likeness (QED) is 0.890. The van der Waals surface area contributed by atoms with Crippen LogP contribution in [0.25, 0.3) is 11.4 Å². The van der Waals surface area contributed by atoms with Crippen molar-refractivity contribution in [3.63, 3.8) is 0 Å². The molecule has 2 bridgehead atoms. The zero-order valence-electron chi connectivity index (χ0n) is 14.4. The number of hydrogen-bond acceptors (Lipinski definition) is 5. The van der Waals surface area contributed by atoms with E-state index in [1.807, 2.05) is 24.3 Å². The molecule has 4 rings (SSSR count). The number of fused-ring (bicyclic) bond motifs is 2. The summed E-state index contributed by atoms with van der Waals surface area (Å²) in [5.41, 5.74) is 8.00. The topological polar surface area (TPSA) is 98.7 Å². The van der Waals surface area contributed by atoms with Gasteiger partial charge < -0.3 is 11.1 Å². The second-order valence-electron chi connectivity index (χ2n) is 7.39. The number of anilines is 1. The molecule has 1 aromatic heterocycles. The summed E-state index contributed by atoms with van der Waals surface area (Å²) in [5, 5.41) is 14.6. The van der Waals surface area contributed by atoms with Crippen molar-refractivity contribution in [3.8, 4) is 11.4 Å². The lowest BCUT2D eigenvalue weighted by atomic mass is 9.65. The zero-order valence-corrected chi connectivity index (χ0v) is 14.4. The molecule has 1 amide bonds. The Labute approximate surface area is 147 Å². The summed E-state index contributed by atoms with van der Waals surface area (Å²) in [5.74, 6) is 1.85. The molecule has 25 heavy (non-hydrogen) atoms. The lowest BCUT2D eigenvalue weighted by Gasteiger charge is -2.43. The van der Waals surface area contributed by atoms with Crippen LogP contribution in [0, 0.1) is 17.8 Å². The molecule has 1 heterocycles. The maximum Gasteiger partial charge on any atom is 0.227 e. The van der Waals surface area contributed by atoms with Crippen LogP contribution in [0.15, 0.2) is 24.3 Å². The van der Waals surface area contributed by atoms with Crippen LogP contribution >= 0.6 is 0 Å². The Morgan fingerprint density at radius 3 is 2.72 bits per heavy atom. The number of rotatable bonds is 3. The number of nitrogens with two attached hydrogens (primary N) is 1. The van der Waals surface area contributed by atoms with Crippen LogP contribution in [0.1, 0.15) is 32.1 Å². The molecule has 2 aliphatic carbocycles. The Kier molecular flexibility index (Phi) is 4.25.